The van der Waals surface area contributed by atoms with Crippen LogP contribution in [0.2, 0.25) is 6.32 Å². The number of Topliss-reactive ketones (excluding diaryl/α,β-unsaturated/α-hetero) is 2. The van der Waals surface area contributed by atoms with Gasteiger partial charge in [0.1, 0.15) is 5.75 Å². The number of aromatic hydroxyl groups is 1. The van der Waals surface area contributed by atoms with Crippen molar-refractivity contribution in [1.82, 2.24) is 0 Å². The Hall–Kier alpha value is -2.96. The highest BCUT2D eigenvalue weighted by molar-refractivity contribution is 6.43. The summed E-state index contributed by atoms with van der Waals surface area (Å²) in [5.41, 5.74) is 5.49. The molecule has 1 saturated heterocycles. The monoisotopic (exact) mass is 484 g/mol. The standard InChI is InChI=1S/C30H33BO5/c1-3-7-19(15-20-8-6-9-21(32)16-20)12-13-26-27-18(2)14-24-28(25(27)17-31(35)36-26)30(34)23-11-5-4-10-22(23)29(24)33/h4-6,8-11,15-16,24-26,28,32,35H,3,7,12-14,17H2,1-2H3/b19-15+/t24-,25+,26-,28-/m1/s1. The maximum atomic E-state index is 13.6. The second kappa shape index (κ2) is 10.2. The Labute approximate surface area is 213 Å². The highest BCUT2D eigenvalue weighted by Crippen LogP contribution is 2.50. The number of allylic oxidation sites excluding steroid dienone is 2. The summed E-state index contributed by atoms with van der Waals surface area (Å²) >= 11 is 0. The van der Waals surface area contributed by atoms with E-state index in [1.165, 1.54) is 5.57 Å². The molecule has 2 N–H and O–H groups in total. The Morgan fingerprint density at radius 1 is 1.06 bits per heavy atom. The fourth-order valence-electron chi connectivity index (χ4n) is 6.58. The number of carbonyl (C=O) groups excluding carboxylic acids is 2. The van der Waals surface area contributed by atoms with Gasteiger partial charge in [-0.1, -0.05) is 67.0 Å². The summed E-state index contributed by atoms with van der Waals surface area (Å²) in [7, 11) is -0.958. The van der Waals surface area contributed by atoms with Gasteiger partial charge in [-0.3, -0.25) is 9.59 Å². The molecule has 0 amide bonds. The van der Waals surface area contributed by atoms with Crippen LogP contribution in [0.3, 0.4) is 0 Å². The molecule has 1 aliphatic heterocycles. The van der Waals surface area contributed by atoms with Crippen LogP contribution in [0.25, 0.3) is 6.08 Å². The van der Waals surface area contributed by atoms with Gasteiger partial charge in [-0.2, -0.15) is 0 Å². The maximum absolute atomic E-state index is 13.6. The van der Waals surface area contributed by atoms with Crippen molar-refractivity contribution in [2.24, 2.45) is 17.8 Å². The van der Waals surface area contributed by atoms with Crippen LogP contribution < -0.4 is 0 Å². The Morgan fingerprint density at radius 2 is 1.81 bits per heavy atom. The minimum atomic E-state index is -0.958. The molecule has 2 aromatic carbocycles. The Bertz CT molecular complexity index is 1250. The van der Waals surface area contributed by atoms with Crippen LogP contribution in [0, 0.1) is 17.8 Å². The van der Waals surface area contributed by atoms with Crippen molar-refractivity contribution < 1.29 is 24.4 Å². The van der Waals surface area contributed by atoms with Crippen molar-refractivity contribution >= 4 is 24.8 Å². The number of carbonyl (C=O) groups is 2. The second-order valence-corrected chi connectivity index (χ2v) is 10.5. The van der Waals surface area contributed by atoms with Gasteiger partial charge in [0, 0.05) is 23.0 Å². The predicted octanol–water partition coefficient (Wildman–Crippen LogP) is 5.88. The minimum Gasteiger partial charge on any atom is -0.508 e. The number of phenols is 1. The first-order chi connectivity index (χ1) is 17.4. The van der Waals surface area contributed by atoms with E-state index in [9.17, 15) is 19.7 Å². The third-order valence-corrected chi connectivity index (χ3v) is 8.05. The maximum Gasteiger partial charge on any atom is 0.455 e. The Balaban J connectivity index is 1.42. The van der Waals surface area contributed by atoms with Crippen LogP contribution in [-0.4, -0.2) is 34.9 Å². The van der Waals surface area contributed by atoms with E-state index in [0.29, 0.717) is 30.3 Å². The van der Waals surface area contributed by atoms with E-state index in [0.717, 1.165) is 36.0 Å². The first kappa shape index (κ1) is 24.7. The smallest absolute Gasteiger partial charge is 0.455 e. The first-order valence-corrected chi connectivity index (χ1v) is 13.1. The van der Waals surface area contributed by atoms with Crippen molar-refractivity contribution in [2.75, 3.05) is 0 Å². The molecular formula is C30H33BO5. The van der Waals surface area contributed by atoms with E-state index in [4.69, 9.17) is 4.65 Å². The van der Waals surface area contributed by atoms with Gasteiger partial charge in [0.2, 0.25) is 0 Å². The van der Waals surface area contributed by atoms with Gasteiger partial charge >= 0.3 is 7.12 Å². The largest absolute Gasteiger partial charge is 0.508 e. The lowest BCUT2D eigenvalue weighted by atomic mass is 9.54. The van der Waals surface area contributed by atoms with Crippen LogP contribution >= 0.6 is 0 Å². The van der Waals surface area contributed by atoms with Crippen molar-refractivity contribution in [1.29, 1.82) is 0 Å². The quantitative estimate of drug-likeness (QED) is 0.395. The average Bonchev–Trinajstić information content (AvgIpc) is 2.85. The molecule has 0 radical (unpaired) electrons. The van der Waals surface area contributed by atoms with Crippen molar-refractivity contribution in [2.45, 2.75) is 58.4 Å². The van der Waals surface area contributed by atoms with E-state index in [2.05, 4.69) is 19.9 Å². The molecule has 186 valence electrons. The van der Waals surface area contributed by atoms with Crippen LogP contribution in [0.4, 0.5) is 0 Å². The normalized spacial score (nSPS) is 26.0. The number of rotatable bonds is 6. The predicted molar refractivity (Wildman–Crippen MR) is 141 cm³/mol. The van der Waals surface area contributed by atoms with E-state index in [-0.39, 0.29) is 35.3 Å². The zero-order valence-corrected chi connectivity index (χ0v) is 20.9. The zero-order valence-electron chi connectivity index (χ0n) is 20.9. The van der Waals surface area contributed by atoms with Gasteiger partial charge < -0.3 is 14.8 Å². The summed E-state index contributed by atoms with van der Waals surface area (Å²) in [6.45, 7) is 4.20. The van der Waals surface area contributed by atoms with Crippen LogP contribution in [0.1, 0.15) is 72.2 Å². The van der Waals surface area contributed by atoms with Gasteiger partial charge in [0.25, 0.3) is 0 Å². The molecule has 4 atom stereocenters. The Morgan fingerprint density at radius 3 is 2.53 bits per heavy atom. The molecule has 6 heteroatoms. The molecule has 1 heterocycles. The minimum absolute atomic E-state index is 0.0218. The SMILES string of the molecule is CCC/C(=C\c1cccc(O)c1)CC[C@H]1OB(O)C[C@H]2C1=C(C)C[C@H]1C(=O)c3ccccc3C(=O)[C@H]12. The topological polar surface area (TPSA) is 83.8 Å². The lowest BCUT2D eigenvalue weighted by molar-refractivity contribution is 0.0601. The molecule has 3 aliphatic rings. The van der Waals surface area contributed by atoms with Gasteiger partial charge in [-0.05, 0) is 68.1 Å². The van der Waals surface area contributed by atoms with Crippen molar-refractivity contribution in [3.63, 3.8) is 0 Å². The van der Waals surface area contributed by atoms with Crippen molar-refractivity contribution in [3.8, 4) is 5.75 Å². The van der Waals surface area contributed by atoms with Gasteiger partial charge in [0.05, 0.1) is 6.10 Å². The summed E-state index contributed by atoms with van der Waals surface area (Å²) < 4.78 is 6.07. The van der Waals surface area contributed by atoms with Crippen LogP contribution in [-0.2, 0) is 4.65 Å². The van der Waals surface area contributed by atoms with Gasteiger partial charge in [0.15, 0.2) is 11.6 Å². The zero-order chi connectivity index (χ0) is 25.4. The third-order valence-electron chi connectivity index (χ3n) is 8.05. The lowest BCUT2D eigenvalue weighted by Crippen LogP contribution is -2.50. The molecule has 5 rings (SSSR count). The number of ketones is 2. The summed E-state index contributed by atoms with van der Waals surface area (Å²) in [5, 5.41) is 20.5. The van der Waals surface area contributed by atoms with Gasteiger partial charge in [-0.15, -0.1) is 0 Å². The van der Waals surface area contributed by atoms with E-state index in [1.807, 2.05) is 24.3 Å². The fraction of sp³-hybridized carbons (Fsp3) is 0.400. The molecule has 2 aromatic rings. The number of phenolic OH excluding ortho intramolecular Hbond substituents is 1. The average molecular weight is 484 g/mol. The van der Waals surface area contributed by atoms with E-state index >= 15 is 0 Å². The molecular weight excluding hydrogens is 451 g/mol. The molecule has 0 saturated carbocycles. The molecule has 0 spiro atoms. The number of hydrogen-bond acceptors (Lipinski definition) is 5. The number of fused-ring (bicyclic) bond motifs is 4. The van der Waals surface area contributed by atoms with Crippen LogP contribution in [0.5, 0.6) is 5.75 Å². The fourth-order valence-corrected chi connectivity index (χ4v) is 6.58. The highest BCUT2D eigenvalue weighted by atomic mass is 16.5. The van der Waals surface area contributed by atoms with Crippen LogP contribution in [0.15, 0.2) is 65.3 Å². The van der Waals surface area contributed by atoms with Crippen molar-refractivity contribution in [3.05, 3.63) is 81.9 Å². The molecule has 5 nitrogen and oxygen atoms in total. The lowest BCUT2D eigenvalue weighted by Gasteiger charge is -2.47. The summed E-state index contributed by atoms with van der Waals surface area (Å²) in [5.74, 6) is -0.684. The summed E-state index contributed by atoms with van der Waals surface area (Å²) in [6, 6.07) is 14.4. The summed E-state index contributed by atoms with van der Waals surface area (Å²) in [4.78, 5) is 27.0. The molecule has 36 heavy (non-hydrogen) atoms. The first-order valence-electron chi connectivity index (χ1n) is 13.1. The van der Waals surface area contributed by atoms with Gasteiger partial charge in [-0.25, -0.2) is 0 Å². The molecule has 1 fully saturated rings. The molecule has 0 bridgehead atoms. The molecule has 0 aromatic heterocycles. The molecule has 2 aliphatic carbocycles. The Kier molecular flexibility index (Phi) is 7.00. The van der Waals surface area contributed by atoms with E-state index in [1.54, 1.807) is 24.3 Å². The molecule has 0 unspecified atom stereocenters. The summed E-state index contributed by atoms with van der Waals surface area (Å²) in [6.07, 6.45) is 6.15. The highest BCUT2D eigenvalue weighted by Gasteiger charge is 2.52. The number of hydrogen-bond donors (Lipinski definition) is 2. The second-order valence-electron chi connectivity index (χ2n) is 10.5. The third kappa shape index (κ3) is 4.60. The van der Waals surface area contributed by atoms with E-state index < -0.39 is 13.0 Å². The number of benzene rings is 2.